The molecule has 1 heterocycles. The van der Waals surface area contributed by atoms with Crippen LogP contribution in [-0.2, 0) is 24.3 Å². The van der Waals surface area contributed by atoms with Crippen molar-refractivity contribution >= 4 is 22.0 Å². The molecule has 9 nitrogen and oxygen atoms in total. The molecule has 10 heteroatoms. The minimum Gasteiger partial charge on any atom is -0.480 e. The van der Waals surface area contributed by atoms with Gasteiger partial charge in [0.05, 0.1) is 12.8 Å². The first kappa shape index (κ1) is 20.8. The molecule has 0 spiro atoms. The van der Waals surface area contributed by atoms with Gasteiger partial charge >= 0.3 is 11.9 Å². The molecule has 0 saturated carbocycles. The van der Waals surface area contributed by atoms with E-state index >= 15 is 0 Å². The number of aliphatic carboxylic acids is 1. The van der Waals surface area contributed by atoms with Crippen molar-refractivity contribution < 1.29 is 27.9 Å². The van der Waals surface area contributed by atoms with Gasteiger partial charge in [-0.05, 0) is 20.8 Å². The number of nitrogens with one attached hydrogen (secondary N) is 1. The lowest BCUT2D eigenvalue weighted by Crippen LogP contribution is -2.56. The second kappa shape index (κ2) is 8.24. The van der Waals surface area contributed by atoms with Gasteiger partial charge in [-0.1, -0.05) is 0 Å². The number of carbonyl (C=O) groups excluding carboxylic acids is 1. The quantitative estimate of drug-likeness (QED) is 0.549. The molecule has 1 aliphatic rings. The van der Waals surface area contributed by atoms with Gasteiger partial charge in [0.25, 0.3) is 0 Å². The van der Waals surface area contributed by atoms with E-state index in [1.807, 2.05) is 0 Å². The number of hydrogen-bond donors (Lipinski definition) is 2. The fourth-order valence-electron chi connectivity index (χ4n) is 2.41. The lowest BCUT2D eigenvalue weighted by Gasteiger charge is -2.36. The molecule has 1 unspecified atom stereocenters. The van der Waals surface area contributed by atoms with Crippen molar-refractivity contribution in [2.75, 3.05) is 45.5 Å². The predicted octanol–water partition coefficient (Wildman–Crippen LogP) is -1.05. The Morgan fingerprint density at radius 1 is 1.21 bits per heavy atom. The third kappa shape index (κ3) is 7.12. The summed E-state index contributed by atoms with van der Waals surface area (Å²) in [4.78, 5) is 24.8. The normalized spacial score (nSPS) is 19.0. The number of rotatable bonds is 7. The highest BCUT2D eigenvalue weighted by molar-refractivity contribution is 7.88. The van der Waals surface area contributed by atoms with Crippen LogP contribution in [0.4, 0.5) is 0 Å². The second-order valence-electron chi connectivity index (χ2n) is 6.77. The number of ether oxygens (including phenoxy) is 1. The van der Waals surface area contributed by atoms with Crippen molar-refractivity contribution in [1.29, 1.82) is 0 Å². The van der Waals surface area contributed by atoms with Crippen molar-refractivity contribution in [3.63, 3.8) is 0 Å². The predicted molar refractivity (Wildman–Crippen MR) is 88.1 cm³/mol. The first-order chi connectivity index (χ1) is 10.9. The molecule has 0 aromatic heterocycles. The second-order valence-corrected chi connectivity index (χ2v) is 8.75. The molecular formula is C14H27N3O6S. The van der Waals surface area contributed by atoms with Crippen LogP contribution in [0.5, 0.6) is 0 Å². The van der Waals surface area contributed by atoms with Crippen LogP contribution < -0.4 is 5.32 Å². The Morgan fingerprint density at radius 3 is 2.17 bits per heavy atom. The van der Waals surface area contributed by atoms with E-state index in [2.05, 4.69) is 5.32 Å². The average molecular weight is 365 g/mol. The summed E-state index contributed by atoms with van der Waals surface area (Å²) in [5, 5.41) is 12.2. The van der Waals surface area contributed by atoms with Crippen LogP contribution in [0.1, 0.15) is 20.8 Å². The van der Waals surface area contributed by atoms with Crippen LogP contribution in [-0.4, -0.2) is 91.8 Å². The topological polar surface area (TPSA) is 116 Å². The van der Waals surface area contributed by atoms with Gasteiger partial charge in [-0.15, -0.1) is 0 Å². The molecule has 0 aromatic rings. The number of piperazine rings is 1. The third-order valence-electron chi connectivity index (χ3n) is 3.50. The van der Waals surface area contributed by atoms with Crippen LogP contribution in [0.15, 0.2) is 0 Å². The first-order valence-electron chi connectivity index (χ1n) is 7.74. The van der Waals surface area contributed by atoms with E-state index in [9.17, 15) is 23.1 Å². The highest BCUT2D eigenvalue weighted by Gasteiger charge is 2.31. The van der Waals surface area contributed by atoms with E-state index in [1.165, 1.54) is 4.31 Å². The molecule has 1 fully saturated rings. The molecule has 0 aromatic carbocycles. The van der Waals surface area contributed by atoms with Crippen molar-refractivity contribution in [3.05, 3.63) is 0 Å². The van der Waals surface area contributed by atoms with Crippen LogP contribution in [0, 0.1) is 0 Å². The lowest BCUT2D eigenvalue weighted by molar-refractivity contribution is -0.154. The largest absolute Gasteiger partial charge is 0.480 e. The molecule has 1 rings (SSSR count). The summed E-state index contributed by atoms with van der Waals surface area (Å²) in [5.74, 6) is -1.46. The third-order valence-corrected chi connectivity index (χ3v) is 4.80. The number of carboxylic acid groups (broad SMARTS) is 1. The van der Waals surface area contributed by atoms with E-state index in [-0.39, 0.29) is 26.2 Å². The first-order valence-corrected chi connectivity index (χ1v) is 9.59. The monoisotopic (exact) mass is 365 g/mol. The van der Waals surface area contributed by atoms with Crippen molar-refractivity contribution in [1.82, 2.24) is 14.5 Å². The standard InChI is InChI=1S/C14H27N3O6S/c1-14(2,3)23-12(18)10-15-9-11(13(19)20)16-5-7-17(8-6-16)24(4,21)22/h11,15H,5-10H2,1-4H3,(H,19,20). The van der Waals surface area contributed by atoms with Gasteiger partial charge in [-0.2, -0.15) is 4.31 Å². The molecule has 2 N–H and O–H groups in total. The van der Waals surface area contributed by atoms with E-state index in [0.717, 1.165) is 6.26 Å². The van der Waals surface area contributed by atoms with Crippen molar-refractivity contribution in [3.8, 4) is 0 Å². The maximum atomic E-state index is 11.6. The van der Waals surface area contributed by atoms with Crippen LogP contribution >= 0.6 is 0 Å². The fourth-order valence-corrected chi connectivity index (χ4v) is 3.23. The number of sulfonamides is 1. The van der Waals surface area contributed by atoms with Gasteiger partial charge in [0.15, 0.2) is 0 Å². The van der Waals surface area contributed by atoms with Gasteiger partial charge in [0.1, 0.15) is 11.6 Å². The number of esters is 1. The van der Waals surface area contributed by atoms with E-state index in [4.69, 9.17) is 4.74 Å². The minimum atomic E-state index is -3.26. The number of hydrogen-bond acceptors (Lipinski definition) is 7. The van der Waals surface area contributed by atoms with E-state index in [0.29, 0.717) is 13.1 Å². The zero-order chi connectivity index (χ0) is 18.5. The SMILES string of the molecule is CC(C)(C)OC(=O)CNCC(C(=O)O)N1CCN(S(C)(=O)=O)CC1. The maximum Gasteiger partial charge on any atom is 0.322 e. The molecule has 0 aliphatic carbocycles. The average Bonchev–Trinajstić information content (AvgIpc) is 2.40. The molecule has 0 radical (unpaired) electrons. The van der Waals surface area contributed by atoms with E-state index in [1.54, 1.807) is 25.7 Å². The fraction of sp³-hybridized carbons (Fsp3) is 0.857. The molecule has 140 valence electrons. The zero-order valence-electron chi connectivity index (χ0n) is 14.6. The molecular weight excluding hydrogens is 338 g/mol. The Bertz CT molecular complexity index is 549. The summed E-state index contributed by atoms with van der Waals surface area (Å²) in [6.45, 7) is 6.45. The highest BCUT2D eigenvalue weighted by Crippen LogP contribution is 2.10. The van der Waals surface area contributed by atoms with Gasteiger partial charge < -0.3 is 15.2 Å². The molecule has 1 saturated heterocycles. The van der Waals surface area contributed by atoms with Crippen LogP contribution in [0.3, 0.4) is 0 Å². The zero-order valence-corrected chi connectivity index (χ0v) is 15.4. The Hall–Kier alpha value is -1.23. The number of carboxylic acids is 1. The molecule has 1 atom stereocenters. The Morgan fingerprint density at radius 2 is 1.75 bits per heavy atom. The summed E-state index contributed by atoms with van der Waals surface area (Å²) in [5.41, 5.74) is -0.590. The van der Waals surface area contributed by atoms with Crippen molar-refractivity contribution in [2.24, 2.45) is 0 Å². The number of nitrogens with zero attached hydrogens (tertiary/aromatic N) is 2. The van der Waals surface area contributed by atoms with Crippen LogP contribution in [0.25, 0.3) is 0 Å². The Kier molecular flexibility index (Phi) is 7.14. The van der Waals surface area contributed by atoms with Gasteiger partial charge in [0, 0.05) is 32.7 Å². The Labute approximate surface area is 143 Å². The van der Waals surface area contributed by atoms with Gasteiger partial charge in [-0.25, -0.2) is 8.42 Å². The highest BCUT2D eigenvalue weighted by atomic mass is 32.2. The van der Waals surface area contributed by atoms with Crippen molar-refractivity contribution in [2.45, 2.75) is 32.4 Å². The minimum absolute atomic E-state index is 0.0768. The molecule has 24 heavy (non-hydrogen) atoms. The molecule has 1 aliphatic heterocycles. The lowest BCUT2D eigenvalue weighted by atomic mass is 10.2. The maximum absolute atomic E-state index is 11.6. The summed E-state index contributed by atoms with van der Waals surface area (Å²) >= 11 is 0. The smallest absolute Gasteiger partial charge is 0.322 e. The Balaban J connectivity index is 2.49. The number of carbonyl (C=O) groups is 2. The molecule has 0 amide bonds. The molecule has 0 bridgehead atoms. The summed E-state index contributed by atoms with van der Waals surface area (Å²) in [6.07, 6.45) is 1.14. The summed E-state index contributed by atoms with van der Waals surface area (Å²) < 4.78 is 29.4. The van der Waals surface area contributed by atoms with Gasteiger partial charge in [-0.3, -0.25) is 14.5 Å². The summed E-state index contributed by atoms with van der Waals surface area (Å²) in [7, 11) is -3.26. The van der Waals surface area contributed by atoms with E-state index < -0.39 is 33.6 Å². The van der Waals surface area contributed by atoms with Gasteiger partial charge in [0.2, 0.25) is 10.0 Å². The summed E-state index contributed by atoms with van der Waals surface area (Å²) in [6, 6.07) is -0.825. The van der Waals surface area contributed by atoms with Crippen LogP contribution in [0.2, 0.25) is 0 Å².